The van der Waals surface area contributed by atoms with E-state index in [1.807, 2.05) is 18.7 Å². The Kier molecular flexibility index (Phi) is 5.01. The van der Waals surface area contributed by atoms with Gasteiger partial charge in [0.2, 0.25) is 0 Å². The zero-order chi connectivity index (χ0) is 14.5. The second kappa shape index (κ2) is 6.75. The molecule has 1 saturated heterocycles. The van der Waals surface area contributed by atoms with Gasteiger partial charge < -0.3 is 15.3 Å². The number of nitrogens with one attached hydrogen (secondary N) is 1. The summed E-state index contributed by atoms with van der Waals surface area (Å²) < 4.78 is 0. The molecule has 1 aliphatic rings. The lowest BCUT2D eigenvalue weighted by molar-refractivity contribution is 0.0657. The molecule has 110 valence electrons. The van der Waals surface area contributed by atoms with Crippen molar-refractivity contribution in [1.29, 1.82) is 0 Å². The van der Waals surface area contributed by atoms with Crippen molar-refractivity contribution in [2.75, 3.05) is 19.6 Å². The number of carbonyl (C=O) groups is 1. The van der Waals surface area contributed by atoms with Crippen LogP contribution in [0.5, 0.6) is 5.75 Å². The van der Waals surface area contributed by atoms with E-state index in [4.69, 9.17) is 0 Å². The molecule has 4 nitrogen and oxygen atoms in total. The highest BCUT2D eigenvalue weighted by Crippen LogP contribution is 2.19. The first-order chi connectivity index (χ1) is 9.58. The van der Waals surface area contributed by atoms with Gasteiger partial charge in [0, 0.05) is 18.2 Å². The summed E-state index contributed by atoms with van der Waals surface area (Å²) in [7, 11) is 0. The van der Waals surface area contributed by atoms with Crippen LogP contribution in [0.3, 0.4) is 0 Å². The first kappa shape index (κ1) is 14.9. The minimum absolute atomic E-state index is 0.00873. The number of aromatic hydroxyl groups is 1. The topological polar surface area (TPSA) is 52.6 Å². The minimum Gasteiger partial charge on any atom is -0.508 e. The van der Waals surface area contributed by atoms with Gasteiger partial charge in [0.05, 0.1) is 0 Å². The summed E-state index contributed by atoms with van der Waals surface area (Å²) in [6.07, 6.45) is 2.24. The molecule has 0 atom stereocenters. The third-order valence-electron chi connectivity index (χ3n) is 3.89. The Morgan fingerprint density at radius 1 is 1.40 bits per heavy atom. The molecule has 0 aliphatic carbocycles. The molecule has 1 fully saturated rings. The van der Waals surface area contributed by atoms with Gasteiger partial charge in [-0.25, -0.2) is 0 Å². The number of rotatable bonds is 4. The molecule has 0 spiro atoms. The number of hydrogen-bond acceptors (Lipinski definition) is 3. The van der Waals surface area contributed by atoms with Gasteiger partial charge in [-0.1, -0.05) is 6.07 Å². The molecular weight excluding hydrogens is 252 g/mol. The van der Waals surface area contributed by atoms with Crippen LogP contribution in [0.15, 0.2) is 24.3 Å². The number of amides is 1. The second-order valence-electron chi connectivity index (χ2n) is 5.79. The van der Waals surface area contributed by atoms with Crippen LogP contribution in [0.25, 0.3) is 0 Å². The second-order valence-corrected chi connectivity index (χ2v) is 5.79. The van der Waals surface area contributed by atoms with E-state index in [-0.39, 0.29) is 17.7 Å². The molecule has 0 unspecified atom stereocenters. The standard InChI is InChI=1S/C16H24N2O2/c1-12(2)18(11-13-6-8-17-9-7-13)16(20)14-4-3-5-15(19)10-14/h3-5,10,12-13,17,19H,6-9,11H2,1-2H3. The average Bonchev–Trinajstić information content (AvgIpc) is 2.45. The smallest absolute Gasteiger partial charge is 0.254 e. The number of hydrogen-bond donors (Lipinski definition) is 2. The van der Waals surface area contributed by atoms with E-state index in [0.717, 1.165) is 32.5 Å². The van der Waals surface area contributed by atoms with Gasteiger partial charge in [-0.15, -0.1) is 0 Å². The molecule has 0 saturated carbocycles. The van der Waals surface area contributed by atoms with Gasteiger partial charge in [-0.05, 0) is 63.9 Å². The number of phenolic OH excluding ortho intramolecular Hbond substituents is 1. The van der Waals surface area contributed by atoms with Crippen LogP contribution in [0, 0.1) is 5.92 Å². The lowest BCUT2D eigenvalue weighted by Crippen LogP contribution is -2.42. The van der Waals surface area contributed by atoms with Crippen LogP contribution in [-0.2, 0) is 0 Å². The number of phenols is 1. The molecule has 0 bridgehead atoms. The molecule has 20 heavy (non-hydrogen) atoms. The van der Waals surface area contributed by atoms with Crippen molar-refractivity contribution in [2.45, 2.75) is 32.7 Å². The highest BCUT2D eigenvalue weighted by molar-refractivity contribution is 5.94. The molecular formula is C16H24N2O2. The number of nitrogens with zero attached hydrogens (tertiary/aromatic N) is 1. The summed E-state index contributed by atoms with van der Waals surface area (Å²) in [5.41, 5.74) is 0.563. The van der Waals surface area contributed by atoms with Gasteiger partial charge >= 0.3 is 0 Å². The van der Waals surface area contributed by atoms with Gasteiger partial charge in [0.25, 0.3) is 5.91 Å². The Labute approximate surface area is 120 Å². The number of benzene rings is 1. The molecule has 0 aromatic heterocycles. The fourth-order valence-corrected chi connectivity index (χ4v) is 2.68. The van der Waals surface area contributed by atoms with E-state index < -0.39 is 0 Å². The van der Waals surface area contributed by atoms with Crippen molar-refractivity contribution in [3.05, 3.63) is 29.8 Å². The summed E-state index contributed by atoms with van der Waals surface area (Å²) in [6.45, 7) is 6.96. The van der Waals surface area contributed by atoms with Crippen molar-refractivity contribution in [3.63, 3.8) is 0 Å². The van der Waals surface area contributed by atoms with Crippen LogP contribution >= 0.6 is 0 Å². The summed E-state index contributed by atoms with van der Waals surface area (Å²) in [6, 6.07) is 6.77. The Morgan fingerprint density at radius 2 is 2.10 bits per heavy atom. The van der Waals surface area contributed by atoms with Crippen molar-refractivity contribution in [2.24, 2.45) is 5.92 Å². The third-order valence-corrected chi connectivity index (χ3v) is 3.89. The van der Waals surface area contributed by atoms with Crippen LogP contribution < -0.4 is 5.32 Å². The largest absolute Gasteiger partial charge is 0.508 e. The number of piperidine rings is 1. The minimum atomic E-state index is 0.00873. The lowest BCUT2D eigenvalue weighted by Gasteiger charge is -2.33. The summed E-state index contributed by atoms with van der Waals surface area (Å²) in [5.74, 6) is 0.718. The first-order valence-electron chi connectivity index (χ1n) is 7.38. The molecule has 1 aromatic carbocycles. The van der Waals surface area contributed by atoms with Crippen LogP contribution in [-0.4, -0.2) is 41.6 Å². The first-order valence-corrected chi connectivity index (χ1v) is 7.38. The van der Waals surface area contributed by atoms with E-state index in [1.165, 1.54) is 0 Å². The highest BCUT2D eigenvalue weighted by Gasteiger charge is 2.23. The van der Waals surface area contributed by atoms with Crippen LogP contribution in [0.2, 0.25) is 0 Å². The summed E-state index contributed by atoms with van der Waals surface area (Å²) >= 11 is 0. The maximum Gasteiger partial charge on any atom is 0.254 e. The third kappa shape index (κ3) is 3.73. The Morgan fingerprint density at radius 3 is 2.70 bits per heavy atom. The normalized spacial score (nSPS) is 16.4. The molecule has 2 rings (SSSR count). The Balaban J connectivity index is 2.09. The van der Waals surface area contributed by atoms with Gasteiger partial charge in [0.1, 0.15) is 5.75 Å². The molecule has 1 amide bonds. The van der Waals surface area contributed by atoms with E-state index in [0.29, 0.717) is 11.5 Å². The zero-order valence-corrected chi connectivity index (χ0v) is 12.3. The SMILES string of the molecule is CC(C)N(CC1CCNCC1)C(=O)c1cccc(O)c1. The summed E-state index contributed by atoms with van der Waals surface area (Å²) in [4.78, 5) is 14.5. The fraction of sp³-hybridized carbons (Fsp3) is 0.562. The fourth-order valence-electron chi connectivity index (χ4n) is 2.68. The zero-order valence-electron chi connectivity index (χ0n) is 12.3. The maximum atomic E-state index is 12.6. The summed E-state index contributed by atoms with van der Waals surface area (Å²) in [5, 5.41) is 12.9. The quantitative estimate of drug-likeness (QED) is 0.887. The van der Waals surface area contributed by atoms with E-state index in [1.54, 1.807) is 24.3 Å². The maximum absolute atomic E-state index is 12.6. The van der Waals surface area contributed by atoms with Gasteiger partial charge in [-0.3, -0.25) is 4.79 Å². The molecule has 1 aliphatic heterocycles. The van der Waals surface area contributed by atoms with Crippen molar-refractivity contribution in [3.8, 4) is 5.75 Å². The lowest BCUT2D eigenvalue weighted by atomic mass is 9.96. The molecule has 2 N–H and O–H groups in total. The average molecular weight is 276 g/mol. The van der Waals surface area contributed by atoms with E-state index in [9.17, 15) is 9.90 Å². The van der Waals surface area contributed by atoms with Crippen molar-refractivity contribution >= 4 is 5.91 Å². The highest BCUT2D eigenvalue weighted by atomic mass is 16.3. The Hall–Kier alpha value is -1.55. The van der Waals surface area contributed by atoms with Crippen LogP contribution in [0.1, 0.15) is 37.0 Å². The van der Waals surface area contributed by atoms with Crippen LogP contribution in [0.4, 0.5) is 0 Å². The monoisotopic (exact) mass is 276 g/mol. The predicted octanol–water partition coefficient (Wildman–Crippen LogP) is 2.24. The molecule has 1 aromatic rings. The van der Waals surface area contributed by atoms with E-state index >= 15 is 0 Å². The Bertz CT molecular complexity index is 454. The number of carbonyl (C=O) groups excluding carboxylic acids is 1. The predicted molar refractivity (Wildman–Crippen MR) is 79.9 cm³/mol. The molecule has 1 heterocycles. The van der Waals surface area contributed by atoms with Crippen molar-refractivity contribution in [1.82, 2.24) is 10.2 Å². The van der Waals surface area contributed by atoms with Crippen molar-refractivity contribution < 1.29 is 9.90 Å². The van der Waals surface area contributed by atoms with Gasteiger partial charge in [0.15, 0.2) is 0 Å². The molecule has 0 radical (unpaired) electrons. The molecule has 4 heteroatoms. The van der Waals surface area contributed by atoms with E-state index in [2.05, 4.69) is 5.32 Å². The van der Waals surface area contributed by atoms with Gasteiger partial charge in [-0.2, -0.15) is 0 Å².